The average molecular weight is 562 g/mol. The standard InChI is InChI=1S/C29H22F3N5O2S/c1-17-5-6-19(9-25(17)36-28(39)21-8-20(13-33-14-21)26-4-3-7-40-26)27(38)35-23-10-22(29(30,31)32)11-24(12-23)37-15-18(2)34-16-37/h3-16H,1-2H3,(H,35,38)(H,36,39). The van der Waals surface area contributed by atoms with Crippen molar-refractivity contribution in [2.75, 3.05) is 10.6 Å². The summed E-state index contributed by atoms with van der Waals surface area (Å²) in [6.07, 6.45) is 1.48. The number of hydrogen-bond acceptors (Lipinski definition) is 5. The quantitative estimate of drug-likeness (QED) is 0.231. The van der Waals surface area contributed by atoms with Crippen molar-refractivity contribution in [3.05, 3.63) is 113 Å². The number of imidazole rings is 1. The predicted octanol–water partition coefficient (Wildman–Crippen LogP) is 7.14. The molecule has 0 radical (unpaired) electrons. The number of hydrogen-bond donors (Lipinski definition) is 2. The third kappa shape index (κ3) is 5.94. The SMILES string of the molecule is Cc1cn(-c2cc(NC(=O)c3ccc(C)c(NC(=O)c4cncc(-c5cccs5)c4)c3)cc(C(F)(F)F)c2)cn1. The van der Waals surface area contributed by atoms with Gasteiger partial charge in [-0.15, -0.1) is 11.3 Å². The molecule has 3 aromatic heterocycles. The Labute approximate surface area is 231 Å². The van der Waals surface area contributed by atoms with E-state index < -0.39 is 23.6 Å². The highest BCUT2D eigenvalue weighted by Gasteiger charge is 2.31. The van der Waals surface area contributed by atoms with Gasteiger partial charge in [0.25, 0.3) is 11.8 Å². The van der Waals surface area contributed by atoms with Crippen LogP contribution >= 0.6 is 11.3 Å². The molecule has 0 aliphatic carbocycles. The van der Waals surface area contributed by atoms with Gasteiger partial charge in [0.2, 0.25) is 0 Å². The van der Waals surface area contributed by atoms with Gasteiger partial charge in [-0.2, -0.15) is 13.2 Å². The van der Waals surface area contributed by atoms with E-state index in [0.29, 0.717) is 22.5 Å². The van der Waals surface area contributed by atoms with Gasteiger partial charge in [0.15, 0.2) is 0 Å². The third-order valence-corrected chi connectivity index (χ3v) is 6.99. The smallest absolute Gasteiger partial charge is 0.322 e. The number of anilines is 2. The predicted molar refractivity (Wildman–Crippen MR) is 148 cm³/mol. The Morgan fingerprint density at radius 2 is 1.73 bits per heavy atom. The highest BCUT2D eigenvalue weighted by atomic mass is 32.1. The summed E-state index contributed by atoms with van der Waals surface area (Å²) in [5.41, 5.74) is 2.26. The van der Waals surface area contributed by atoms with Crippen molar-refractivity contribution >= 4 is 34.5 Å². The van der Waals surface area contributed by atoms with E-state index in [1.54, 1.807) is 38.4 Å². The Bertz CT molecular complexity index is 1710. The summed E-state index contributed by atoms with van der Waals surface area (Å²) in [5, 5.41) is 7.29. The summed E-state index contributed by atoms with van der Waals surface area (Å²) >= 11 is 1.53. The van der Waals surface area contributed by atoms with Crippen LogP contribution in [0, 0.1) is 13.8 Å². The van der Waals surface area contributed by atoms with Gasteiger partial charge >= 0.3 is 6.18 Å². The molecule has 0 aliphatic heterocycles. The van der Waals surface area contributed by atoms with E-state index in [-0.39, 0.29) is 16.9 Å². The van der Waals surface area contributed by atoms with E-state index in [2.05, 4.69) is 20.6 Å². The molecule has 0 atom stereocenters. The van der Waals surface area contributed by atoms with E-state index in [4.69, 9.17) is 0 Å². The molecule has 0 aliphatic rings. The molecule has 0 saturated carbocycles. The molecule has 202 valence electrons. The molecule has 11 heteroatoms. The van der Waals surface area contributed by atoms with Gasteiger partial charge in [0, 0.05) is 51.7 Å². The van der Waals surface area contributed by atoms with Crippen molar-refractivity contribution < 1.29 is 22.8 Å². The number of amides is 2. The van der Waals surface area contributed by atoms with E-state index in [0.717, 1.165) is 22.6 Å². The number of aryl methyl sites for hydroxylation is 2. The minimum absolute atomic E-state index is 0.0381. The second kappa shape index (κ2) is 10.8. The molecule has 5 rings (SSSR count). The van der Waals surface area contributed by atoms with Crippen molar-refractivity contribution in [2.24, 2.45) is 0 Å². The van der Waals surface area contributed by atoms with Crippen molar-refractivity contribution in [1.29, 1.82) is 0 Å². The maximum Gasteiger partial charge on any atom is 0.416 e. The fraction of sp³-hybridized carbons (Fsp3) is 0.103. The molecule has 7 nitrogen and oxygen atoms in total. The maximum absolute atomic E-state index is 13.6. The molecular formula is C29H22F3N5O2S. The van der Waals surface area contributed by atoms with Gasteiger partial charge < -0.3 is 15.2 Å². The van der Waals surface area contributed by atoms with Crippen LogP contribution in [0.3, 0.4) is 0 Å². The van der Waals surface area contributed by atoms with E-state index in [1.807, 2.05) is 17.5 Å². The molecule has 0 saturated heterocycles. The summed E-state index contributed by atoms with van der Waals surface area (Å²) in [6.45, 7) is 3.49. The minimum Gasteiger partial charge on any atom is -0.322 e. The van der Waals surface area contributed by atoms with Gasteiger partial charge in [-0.05, 0) is 67.3 Å². The van der Waals surface area contributed by atoms with Gasteiger partial charge in [-0.25, -0.2) is 4.98 Å². The highest BCUT2D eigenvalue weighted by molar-refractivity contribution is 7.13. The summed E-state index contributed by atoms with van der Waals surface area (Å²) in [7, 11) is 0. The van der Waals surface area contributed by atoms with Crippen molar-refractivity contribution in [3.63, 3.8) is 0 Å². The Morgan fingerprint density at radius 3 is 2.42 bits per heavy atom. The monoisotopic (exact) mass is 561 g/mol. The molecule has 2 amide bonds. The van der Waals surface area contributed by atoms with Gasteiger partial charge in [0.05, 0.1) is 23.1 Å². The zero-order valence-corrected chi connectivity index (χ0v) is 22.1. The second-order valence-corrected chi connectivity index (χ2v) is 10.0. The van der Waals surface area contributed by atoms with Crippen LogP contribution in [0.2, 0.25) is 0 Å². The Morgan fingerprint density at radius 1 is 0.925 bits per heavy atom. The van der Waals surface area contributed by atoms with Gasteiger partial charge in [0.1, 0.15) is 0 Å². The number of nitrogens with zero attached hydrogens (tertiary/aromatic N) is 3. The highest BCUT2D eigenvalue weighted by Crippen LogP contribution is 2.33. The molecule has 3 heterocycles. The fourth-order valence-corrected chi connectivity index (χ4v) is 4.70. The van der Waals surface area contributed by atoms with Crippen LogP contribution in [-0.4, -0.2) is 26.3 Å². The average Bonchev–Trinajstić information content (AvgIpc) is 3.62. The molecule has 0 unspecified atom stereocenters. The van der Waals surface area contributed by atoms with Crippen LogP contribution in [0.15, 0.2) is 84.9 Å². The summed E-state index contributed by atoms with van der Waals surface area (Å²) in [6, 6.07) is 13.5. The number of nitrogens with one attached hydrogen (secondary N) is 2. The summed E-state index contributed by atoms with van der Waals surface area (Å²) in [4.78, 5) is 35.3. The Balaban J connectivity index is 1.38. The molecule has 0 spiro atoms. The number of carbonyl (C=O) groups is 2. The maximum atomic E-state index is 13.6. The number of carbonyl (C=O) groups excluding carboxylic acids is 2. The zero-order valence-electron chi connectivity index (χ0n) is 21.3. The number of aromatic nitrogens is 3. The second-order valence-electron chi connectivity index (χ2n) is 9.07. The lowest BCUT2D eigenvalue weighted by atomic mass is 10.1. The van der Waals surface area contributed by atoms with E-state index >= 15 is 0 Å². The first-order valence-electron chi connectivity index (χ1n) is 12.0. The van der Waals surface area contributed by atoms with Crippen LogP contribution in [0.1, 0.15) is 37.5 Å². The van der Waals surface area contributed by atoms with Crippen molar-refractivity contribution in [3.8, 4) is 16.1 Å². The lowest BCUT2D eigenvalue weighted by molar-refractivity contribution is -0.137. The summed E-state index contributed by atoms with van der Waals surface area (Å²) in [5.74, 6) is -1.05. The normalized spacial score (nSPS) is 11.3. The van der Waals surface area contributed by atoms with Crippen molar-refractivity contribution in [1.82, 2.24) is 14.5 Å². The topological polar surface area (TPSA) is 88.9 Å². The first-order valence-corrected chi connectivity index (χ1v) is 12.9. The van der Waals surface area contributed by atoms with Crippen LogP contribution in [0.4, 0.5) is 24.5 Å². The first-order chi connectivity index (χ1) is 19.1. The number of halogens is 3. The van der Waals surface area contributed by atoms with Gasteiger partial charge in [-0.3, -0.25) is 14.6 Å². The molecule has 5 aromatic rings. The number of rotatable bonds is 6. The largest absolute Gasteiger partial charge is 0.416 e. The van der Waals surface area contributed by atoms with Gasteiger partial charge in [-0.1, -0.05) is 12.1 Å². The Hall–Kier alpha value is -4.77. The number of benzene rings is 2. The lowest BCUT2D eigenvalue weighted by Crippen LogP contribution is -2.16. The number of pyridine rings is 1. The molecule has 2 N–H and O–H groups in total. The third-order valence-electron chi connectivity index (χ3n) is 6.07. The van der Waals surface area contributed by atoms with Crippen LogP contribution in [0.5, 0.6) is 0 Å². The van der Waals surface area contributed by atoms with Crippen LogP contribution < -0.4 is 10.6 Å². The van der Waals surface area contributed by atoms with Crippen LogP contribution in [0.25, 0.3) is 16.1 Å². The minimum atomic E-state index is -4.62. The Kier molecular flexibility index (Phi) is 7.22. The molecule has 2 aromatic carbocycles. The molecular weight excluding hydrogens is 539 g/mol. The fourth-order valence-electron chi connectivity index (χ4n) is 4.00. The first kappa shape index (κ1) is 26.8. The van der Waals surface area contributed by atoms with E-state index in [9.17, 15) is 22.8 Å². The summed E-state index contributed by atoms with van der Waals surface area (Å²) < 4.78 is 42.3. The lowest BCUT2D eigenvalue weighted by Gasteiger charge is -2.14. The zero-order chi connectivity index (χ0) is 28.4. The molecule has 0 bridgehead atoms. The number of thiophene rings is 1. The number of alkyl halides is 3. The van der Waals surface area contributed by atoms with Crippen LogP contribution in [-0.2, 0) is 6.18 Å². The molecule has 0 fully saturated rings. The molecule has 40 heavy (non-hydrogen) atoms. The van der Waals surface area contributed by atoms with E-state index in [1.165, 1.54) is 46.6 Å². The van der Waals surface area contributed by atoms with Crippen molar-refractivity contribution in [2.45, 2.75) is 20.0 Å².